The van der Waals surface area contributed by atoms with E-state index in [0.717, 1.165) is 30.7 Å². The van der Waals surface area contributed by atoms with E-state index in [0.29, 0.717) is 41.3 Å². The van der Waals surface area contributed by atoms with Gasteiger partial charge in [0.1, 0.15) is 0 Å². The number of halogens is 4. The molecule has 1 N–H and O–H groups in total. The van der Waals surface area contributed by atoms with E-state index in [-0.39, 0.29) is 24.0 Å². The van der Waals surface area contributed by atoms with Crippen LogP contribution in [0.25, 0.3) is 11.0 Å². The molecule has 0 aliphatic carbocycles. The highest BCUT2D eigenvalue weighted by Gasteiger charge is 2.31. The molecule has 1 aliphatic heterocycles. The van der Waals surface area contributed by atoms with Gasteiger partial charge in [-0.3, -0.25) is 4.79 Å². The molecule has 3 heterocycles. The SMILES string of the molecule is Cc1ccc2c(Nc3cccc(C(F)(F)F)c3)c(C(=O)N3CCC(C)CC3)cnc2n1.Cl. The van der Waals surface area contributed by atoms with E-state index in [1.54, 1.807) is 23.1 Å². The van der Waals surface area contributed by atoms with Crippen LogP contribution < -0.4 is 5.32 Å². The number of hydrogen-bond donors (Lipinski definition) is 1. The van der Waals surface area contributed by atoms with E-state index in [1.165, 1.54) is 12.3 Å². The van der Waals surface area contributed by atoms with Crippen molar-refractivity contribution in [3.05, 3.63) is 59.4 Å². The lowest BCUT2D eigenvalue weighted by Gasteiger charge is -2.31. The number of aryl methyl sites for hydroxylation is 1. The topological polar surface area (TPSA) is 58.1 Å². The standard InChI is InChI=1S/C23H23F3N4O.ClH/c1-14-8-10-30(11-9-14)22(31)19-13-27-21-18(7-6-15(2)28-21)20(19)29-17-5-3-4-16(12-17)23(24,25)26;/h3-7,12-14H,8-11H2,1-2H3,(H,27,28,29);1H. The first-order valence-electron chi connectivity index (χ1n) is 10.2. The number of hydrogen-bond acceptors (Lipinski definition) is 4. The zero-order valence-corrected chi connectivity index (χ0v) is 18.6. The lowest BCUT2D eigenvalue weighted by atomic mass is 9.98. The van der Waals surface area contributed by atoms with Crippen LogP contribution in [0.2, 0.25) is 0 Å². The summed E-state index contributed by atoms with van der Waals surface area (Å²) in [6, 6.07) is 8.50. The first kappa shape index (κ1) is 23.8. The second-order valence-electron chi connectivity index (χ2n) is 8.05. The zero-order valence-electron chi connectivity index (χ0n) is 17.7. The Hall–Kier alpha value is -2.87. The van der Waals surface area contributed by atoms with E-state index in [2.05, 4.69) is 22.2 Å². The number of aromatic nitrogens is 2. The van der Waals surface area contributed by atoms with Crippen LogP contribution in [0.4, 0.5) is 24.5 Å². The summed E-state index contributed by atoms with van der Waals surface area (Å²) in [5, 5.41) is 3.63. The van der Waals surface area contributed by atoms with Crippen LogP contribution in [0.3, 0.4) is 0 Å². The number of carbonyl (C=O) groups excluding carboxylic acids is 1. The van der Waals surface area contributed by atoms with E-state index in [1.807, 2.05) is 6.92 Å². The molecule has 2 aromatic heterocycles. The maximum absolute atomic E-state index is 13.3. The van der Waals surface area contributed by atoms with Gasteiger partial charge in [0.25, 0.3) is 5.91 Å². The van der Waals surface area contributed by atoms with Crippen molar-refractivity contribution in [2.45, 2.75) is 32.9 Å². The summed E-state index contributed by atoms with van der Waals surface area (Å²) in [4.78, 5) is 23.8. The van der Waals surface area contributed by atoms with Crippen molar-refractivity contribution in [2.75, 3.05) is 18.4 Å². The van der Waals surface area contributed by atoms with Crippen molar-refractivity contribution in [2.24, 2.45) is 5.92 Å². The number of nitrogens with one attached hydrogen (secondary N) is 1. The Balaban J connectivity index is 0.00000289. The third-order valence-corrected chi connectivity index (χ3v) is 5.63. The van der Waals surface area contributed by atoms with Crippen LogP contribution in [-0.4, -0.2) is 33.9 Å². The van der Waals surface area contributed by atoms with Crippen LogP contribution in [-0.2, 0) is 6.18 Å². The lowest BCUT2D eigenvalue weighted by molar-refractivity contribution is -0.137. The van der Waals surface area contributed by atoms with Crippen LogP contribution >= 0.6 is 12.4 Å². The number of benzene rings is 1. The van der Waals surface area contributed by atoms with Gasteiger partial charge in [0.15, 0.2) is 5.65 Å². The zero-order chi connectivity index (χ0) is 22.2. The molecule has 5 nitrogen and oxygen atoms in total. The molecular weight excluding hydrogens is 441 g/mol. The van der Waals surface area contributed by atoms with Gasteiger partial charge in [-0.05, 0) is 56.0 Å². The molecule has 4 rings (SSSR count). The highest BCUT2D eigenvalue weighted by Crippen LogP contribution is 2.34. The molecule has 170 valence electrons. The summed E-state index contributed by atoms with van der Waals surface area (Å²) < 4.78 is 39.5. The van der Waals surface area contributed by atoms with Gasteiger partial charge in [0.2, 0.25) is 0 Å². The molecule has 0 radical (unpaired) electrons. The molecule has 1 aromatic carbocycles. The second-order valence-corrected chi connectivity index (χ2v) is 8.05. The average molecular weight is 465 g/mol. The minimum atomic E-state index is -4.46. The maximum atomic E-state index is 13.3. The number of rotatable bonds is 3. The molecule has 0 bridgehead atoms. The third kappa shape index (κ3) is 4.96. The molecule has 1 amide bonds. The first-order chi connectivity index (χ1) is 14.7. The number of alkyl halides is 3. The average Bonchev–Trinajstić information content (AvgIpc) is 2.73. The van der Waals surface area contributed by atoms with Gasteiger partial charge in [-0.15, -0.1) is 12.4 Å². The molecule has 0 saturated carbocycles. The summed E-state index contributed by atoms with van der Waals surface area (Å²) in [6.07, 6.45) is -1.15. The Morgan fingerprint density at radius 1 is 1.16 bits per heavy atom. The minimum Gasteiger partial charge on any atom is -0.354 e. The van der Waals surface area contributed by atoms with Gasteiger partial charge < -0.3 is 10.2 Å². The molecule has 9 heteroatoms. The predicted molar refractivity (Wildman–Crippen MR) is 121 cm³/mol. The van der Waals surface area contributed by atoms with Crippen molar-refractivity contribution in [3.8, 4) is 0 Å². The molecule has 3 aromatic rings. The minimum absolute atomic E-state index is 0. The summed E-state index contributed by atoms with van der Waals surface area (Å²) in [5.41, 5.74) is 1.41. The Kier molecular flexibility index (Phi) is 6.93. The third-order valence-electron chi connectivity index (χ3n) is 5.63. The van der Waals surface area contributed by atoms with E-state index < -0.39 is 11.7 Å². The molecule has 1 aliphatic rings. The van der Waals surface area contributed by atoms with Crippen molar-refractivity contribution in [3.63, 3.8) is 0 Å². The van der Waals surface area contributed by atoms with Crippen LogP contribution in [0, 0.1) is 12.8 Å². The van der Waals surface area contributed by atoms with Gasteiger partial charge in [-0.2, -0.15) is 13.2 Å². The molecule has 0 unspecified atom stereocenters. The van der Waals surface area contributed by atoms with Crippen LogP contribution in [0.15, 0.2) is 42.6 Å². The number of nitrogens with zero attached hydrogens (tertiary/aromatic N) is 3. The molecule has 0 spiro atoms. The smallest absolute Gasteiger partial charge is 0.354 e. The fourth-order valence-corrected chi connectivity index (χ4v) is 3.77. The van der Waals surface area contributed by atoms with E-state index in [9.17, 15) is 18.0 Å². The number of piperidine rings is 1. The Bertz CT molecular complexity index is 1130. The van der Waals surface area contributed by atoms with Crippen molar-refractivity contribution in [1.82, 2.24) is 14.9 Å². The largest absolute Gasteiger partial charge is 0.416 e. The van der Waals surface area contributed by atoms with E-state index in [4.69, 9.17) is 0 Å². The predicted octanol–water partition coefficient (Wildman–Crippen LogP) is 5.99. The summed E-state index contributed by atoms with van der Waals surface area (Å²) >= 11 is 0. The molecule has 0 atom stereocenters. The fourth-order valence-electron chi connectivity index (χ4n) is 3.77. The number of carbonyl (C=O) groups is 1. The second kappa shape index (κ2) is 9.32. The van der Waals surface area contributed by atoms with Crippen molar-refractivity contribution >= 4 is 40.7 Å². The maximum Gasteiger partial charge on any atom is 0.416 e. The number of fused-ring (bicyclic) bond motifs is 1. The highest BCUT2D eigenvalue weighted by molar-refractivity contribution is 6.07. The Labute approximate surface area is 190 Å². The van der Waals surface area contributed by atoms with Crippen LogP contribution in [0.5, 0.6) is 0 Å². The van der Waals surface area contributed by atoms with Crippen LogP contribution in [0.1, 0.15) is 41.4 Å². The molecule has 1 saturated heterocycles. The quantitative estimate of drug-likeness (QED) is 0.517. The molecular formula is C23H24ClF3N4O. The number of pyridine rings is 2. The normalized spacial score (nSPS) is 14.8. The lowest BCUT2D eigenvalue weighted by Crippen LogP contribution is -2.38. The Morgan fingerprint density at radius 3 is 2.56 bits per heavy atom. The van der Waals surface area contributed by atoms with E-state index >= 15 is 0 Å². The monoisotopic (exact) mass is 464 g/mol. The Morgan fingerprint density at radius 2 is 1.88 bits per heavy atom. The number of likely N-dealkylation sites (tertiary alicyclic amines) is 1. The van der Waals surface area contributed by atoms with Gasteiger partial charge in [0.05, 0.1) is 16.8 Å². The van der Waals surface area contributed by atoms with Crippen molar-refractivity contribution in [1.29, 1.82) is 0 Å². The highest BCUT2D eigenvalue weighted by atomic mass is 35.5. The summed E-state index contributed by atoms with van der Waals surface area (Å²) in [5.74, 6) is 0.380. The number of anilines is 2. The molecule has 32 heavy (non-hydrogen) atoms. The summed E-state index contributed by atoms with van der Waals surface area (Å²) in [7, 11) is 0. The summed E-state index contributed by atoms with van der Waals surface area (Å²) in [6.45, 7) is 5.28. The van der Waals surface area contributed by atoms with Gasteiger partial charge in [-0.25, -0.2) is 9.97 Å². The van der Waals surface area contributed by atoms with Crippen molar-refractivity contribution < 1.29 is 18.0 Å². The first-order valence-corrected chi connectivity index (χ1v) is 10.2. The molecule has 1 fully saturated rings. The van der Waals surface area contributed by atoms with Gasteiger partial charge >= 0.3 is 6.18 Å². The van der Waals surface area contributed by atoms with Gasteiger partial charge in [-0.1, -0.05) is 13.0 Å². The fraction of sp³-hybridized carbons (Fsp3) is 0.348. The number of amides is 1. The van der Waals surface area contributed by atoms with Gasteiger partial charge in [0, 0.05) is 36.1 Å².